The molecule has 1 fully saturated rings. The zero-order valence-electron chi connectivity index (χ0n) is 19.2. The van der Waals surface area contributed by atoms with Crippen LogP contribution in [-0.4, -0.2) is 46.2 Å². The van der Waals surface area contributed by atoms with Gasteiger partial charge in [-0.2, -0.15) is 0 Å². The van der Waals surface area contributed by atoms with E-state index in [-0.39, 0.29) is 17.3 Å². The predicted octanol–water partition coefficient (Wildman–Crippen LogP) is 6.74. The fourth-order valence-electron chi connectivity index (χ4n) is 4.60. The third-order valence-electron chi connectivity index (χ3n) is 6.53. The Hall–Kier alpha value is -3.06. The molecule has 2 N–H and O–H groups in total. The van der Waals surface area contributed by atoms with Crippen LogP contribution < -0.4 is 4.74 Å². The van der Waals surface area contributed by atoms with Gasteiger partial charge in [-0.05, 0) is 91.6 Å². The SMILES string of the molecule is O=C(c1ccc(OCC[N+]2(Cl)CCCCC2)cc1)c1c(-c2ccc(O)cc2)sc2cc(O)ccc12. The number of likely N-dealkylation sites (tertiary alicyclic amines) is 1. The van der Waals surface area contributed by atoms with Crippen LogP contribution in [-0.2, 0) is 0 Å². The lowest BCUT2D eigenvalue weighted by atomic mass is 9.97. The van der Waals surface area contributed by atoms with Gasteiger partial charge in [-0.1, -0.05) is 0 Å². The number of ether oxygens (including phenoxy) is 1. The molecule has 0 unspecified atom stereocenters. The smallest absolute Gasteiger partial charge is 0.195 e. The first-order valence-corrected chi connectivity index (χ1v) is 13.0. The van der Waals surface area contributed by atoms with Crippen molar-refractivity contribution in [3.05, 3.63) is 77.9 Å². The zero-order valence-corrected chi connectivity index (χ0v) is 20.8. The minimum Gasteiger partial charge on any atom is -0.508 e. The van der Waals surface area contributed by atoms with Crippen molar-refractivity contribution in [3.8, 4) is 27.7 Å². The molecule has 3 aromatic carbocycles. The Bertz CT molecular complexity index is 1340. The van der Waals surface area contributed by atoms with Crippen LogP contribution in [0.4, 0.5) is 0 Å². The molecule has 1 aromatic heterocycles. The number of aromatic hydroxyl groups is 2. The highest BCUT2D eigenvalue weighted by Gasteiger charge is 2.28. The van der Waals surface area contributed by atoms with Gasteiger partial charge < -0.3 is 14.9 Å². The molecule has 5 rings (SSSR count). The van der Waals surface area contributed by atoms with E-state index in [1.165, 1.54) is 17.8 Å². The van der Waals surface area contributed by atoms with Gasteiger partial charge in [0.25, 0.3) is 0 Å². The minimum atomic E-state index is -0.102. The van der Waals surface area contributed by atoms with E-state index in [1.54, 1.807) is 54.6 Å². The van der Waals surface area contributed by atoms with Gasteiger partial charge in [0.2, 0.25) is 0 Å². The van der Waals surface area contributed by atoms with Crippen molar-refractivity contribution < 1.29 is 23.7 Å². The molecule has 0 amide bonds. The summed E-state index contributed by atoms with van der Waals surface area (Å²) in [5.41, 5.74) is 1.98. The number of thiophene rings is 1. The molecule has 0 aliphatic carbocycles. The second-order valence-corrected chi connectivity index (χ2v) is 10.8. The Kier molecular flexibility index (Phi) is 6.69. The van der Waals surface area contributed by atoms with Crippen molar-refractivity contribution in [3.63, 3.8) is 0 Å². The Morgan fingerprint density at radius 2 is 1.60 bits per heavy atom. The summed E-state index contributed by atoms with van der Waals surface area (Å²) >= 11 is 8.13. The Balaban J connectivity index is 1.38. The number of carbonyl (C=O) groups excluding carboxylic acids is 1. The van der Waals surface area contributed by atoms with E-state index in [1.807, 2.05) is 12.1 Å². The minimum absolute atomic E-state index is 0.102. The highest BCUT2D eigenvalue weighted by Crippen LogP contribution is 2.41. The first kappa shape index (κ1) is 23.7. The molecule has 1 saturated heterocycles. The molecule has 35 heavy (non-hydrogen) atoms. The summed E-state index contributed by atoms with van der Waals surface area (Å²) in [7, 11) is 0. The van der Waals surface area contributed by atoms with Crippen LogP contribution >= 0.6 is 23.1 Å². The number of nitrogens with zero attached hydrogens (tertiary/aromatic N) is 1. The molecule has 4 aromatic rings. The number of carbonyl (C=O) groups is 1. The van der Waals surface area contributed by atoms with E-state index in [0.29, 0.717) is 27.5 Å². The van der Waals surface area contributed by atoms with Crippen LogP contribution in [0.2, 0.25) is 0 Å². The van der Waals surface area contributed by atoms with Crippen LogP contribution in [0.25, 0.3) is 20.5 Å². The molecule has 2 heterocycles. The number of piperidine rings is 1. The van der Waals surface area contributed by atoms with Gasteiger partial charge in [-0.3, -0.25) is 4.79 Å². The number of hydrogen-bond acceptors (Lipinski definition) is 5. The lowest BCUT2D eigenvalue weighted by Gasteiger charge is -2.32. The normalized spacial score (nSPS) is 15.2. The van der Waals surface area contributed by atoms with Gasteiger partial charge in [-0.15, -0.1) is 11.3 Å². The average Bonchev–Trinajstić information content (AvgIpc) is 3.23. The van der Waals surface area contributed by atoms with Crippen LogP contribution in [0.3, 0.4) is 0 Å². The quantitative estimate of drug-likeness (QED) is 0.214. The van der Waals surface area contributed by atoms with Crippen molar-refractivity contribution in [1.82, 2.24) is 0 Å². The Morgan fingerprint density at radius 3 is 2.31 bits per heavy atom. The lowest BCUT2D eigenvalue weighted by molar-refractivity contribution is -0.821. The number of quaternary nitrogens is 1. The molecule has 0 saturated carbocycles. The highest BCUT2D eigenvalue weighted by molar-refractivity contribution is 7.22. The average molecular weight is 509 g/mol. The van der Waals surface area contributed by atoms with Crippen LogP contribution in [0.15, 0.2) is 66.7 Å². The molecule has 0 spiro atoms. The van der Waals surface area contributed by atoms with Gasteiger partial charge in [0.1, 0.15) is 30.4 Å². The van der Waals surface area contributed by atoms with E-state index < -0.39 is 0 Å². The summed E-state index contributed by atoms with van der Waals surface area (Å²) < 4.78 is 7.29. The van der Waals surface area contributed by atoms with E-state index >= 15 is 0 Å². The molecule has 5 nitrogen and oxygen atoms in total. The Labute approximate surface area is 213 Å². The van der Waals surface area contributed by atoms with E-state index in [4.69, 9.17) is 16.5 Å². The number of fused-ring (bicyclic) bond motifs is 1. The topological polar surface area (TPSA) is 66.8 Å². The number of phenolic OH excluding ortho intramolecular Hbond substituents is 2. The van der Waals surface area contributed by atoms with Crippen molar-refractivity contribution in [2.24, 2.45) is 0 Å². The zero-order chi connectivity index (χ0) is 24.4. The van der Waals surface area contributed by atoms with Crippen LogP contribution in [0, 0.1) is 0 Å². The standard InChI is InChI=1S/C28H26ClNO4S/c29-30(14-2-1-3-15-30)16-17-34-23-11-6-19(7-12-23)27(33)26-24-13-10-22(32)18-25(24)35-28(26)20-4-8-21(31)9-5-20/h4-13,18H,1-3,14-17H2,(H-,31,32,33)/p+1. The summed E-state index contributed by atoms with van der Waals surface area (Å²) in [4.78, 5) is 14.5. The molecule has 0 radical (unpaired) electrons. The van der Waals surface area contributed by atoms with Crippen LogP contribution in [0.5, 0.6) is 17.2 Å². The Morgan fingerprint density at radius 1 is 0.914 bits per heavy atom. The van der Waals surface area contributed by atoms with E-state index in [9.17, 15) is 15.0 Å². The molecule has 180 valence electrons. The number of phenols is 2. The van der Waals surface area contributed by atoms with Gasteiger partial charge in [0.15, 0.2) is 17.6 Å². The predicted molar refractivity (Wildman–Crippen MR) is 141 cm³/mol. The number of hydrogen-bond donors (Lipinski definition) is 2. The van der Waals surface area contributed by atoms with Crippen molar-refractivity contribution in [2.45, 2.75) is 19.3 Å². The third kappa shape index (κ3) is 5.15. The number of benzene rings is 3. The van der Waals surface area contributed by atoms with Gasteiger partial charge in [0, 0.05) is 26.1 Å². The summed E-state index contributed by atoms with van der Waals surface area (Å²) in [6.45, 7) is 3.24. The number of rotatable bonds is 7. The molecule has 0 atom stereocenters. The molecule has 0 bridgehead atoms. The lowest BCUT2D eigenvalue weighted by Crippen LogP contribution is -2.45. The van der Waals surface area contributed by atoms with Gasteiger partial charge in [-0.25, -0.2) is 4.00 Å². The maximum Gasteiger partial charge on any atom is 0.195 e. The summed E-state index contributed by atoms with van der Waals surface area (Å²) in [5, 5.41) is 20.4. The maximum atomic E-state index is 13.7. The second-order valence-electron chi connectivity index (χ2n) is 9.00. The monoisotopic (exact) mass is 508 g/mol. The first-order valence-electron chi connectivity index (χ1n) is 11.8. The first-order chi connectivity index (χ1) is 16.9. The third-order valence-corrected chi connectivity index (χ3v) is 8.23. The fourth-order valence-corrected chi connectivity index (χ4v) is 6.15. The number of ketones is 1. The summed E-state index contributed by atoms with van der Waals surface area (Å²) in [5.74, 6) is 0.927. The largest absolute Gasteiger partial charge is 0.508 e. The highest BCUT2D eigenvalue weighted by atomic mass is 35.5. The molecule has 7 heteroatoms. The molecular formula is C28H27ClNO4S+. The summed E-state index contributed by atoms with van der Waals surface area (Å²) in [6, 6.07) is 19.1. The maximum absolute atomic E-state index is 13.7. The summed E-state index contributed by atoms with van der Waals surface area (Å²) in [6.07, 6.45) is 3.56. The van der Waals surface area contributed by atoms with Crippen molar-refractivity contribution in [1.29, 1.82) is 0 Å². The van der Waals surface area contributed by atoms with Crippen molar-refractivity contribution in [2.75, 3.05) is 26.2 Å². The molecule has 1 aliphatic heterocycles. The van der Waals surface area contributed by atoms with Gasteiger partial charge in [0.05, 0.1) is 13.1 Å². The van der Waals surface area contributed by atoms with Crippen molar-refractivity contribution >= 4 is 39.0 Å². The molecule has 1 aliphatic rings. The fraction of sp³-hybridized carbons (Fsp3) is 0.250. The second kappa shape index (κ2) is 9.90. The van der Waals surface area contributed by atoms with E-state index in [2.05, 4.69) is 0 Å². The van der Waals surface area contributed by atoms with Crippen LogP contribution in [0.1, 0.15) is 35.2 Å². The number of halogens is 1. The molecular weight excluding hydrogens is 482 g/mol. The van der Waals surface area contributed by atoms with E-state index in [0.717, 1.165) is 53.0 Å². The van der Waals surface area contributed by atoms with Gasteiger partial charge >= 0.3 is 0 Å².